The van der Waals surface area contributed by atoms with Gasteiger partial charge in [-0.3, -0.25) is 4.57 Å². The lowest BCUT2D eigenvalue weighted by atomic mass is 9.85. The van der Waals surface area contributed by atoms with E-state index in [-0.39, 0.29) is 0 Å². The van der Waals surface area contributed by atoms with Crippen molar-refractivity contribution in [2.75, 3.05) is 0 Å². The molecule has 0 unspecified atom stereocenters. The van der Waals surface area contributed by atoms with Crippen molar-refractivity contribution >= 4 is 24.5 Å². The average molecular weight is 282 g/mol. The van der Waals surface area contributed by atoms with Gasteiger partial charge in [0.2, 0.25) is 0 Å². The molecule has 0 N–H and O–H groups in total. The summed E-state index contributed by atoms with van der Waals surface area (Å²) in [6.07, 6.45) is 5.91. The van der Waals surface area contributed by atoms with E-state index in [1.54, 1.807) is 0 Å². The van der Waals surface area contributed by atoms with E-state index in [4.69, 9.17) is 12.8 Å². The Labute approximate surface area is 131 Å². The topological polar surface area (TPSA) is 17.8 Å². The van der Waals surface area contributed by atoms with Crippen LogP contribution in [0.4, 0.5) is 0 Å². The van der Waals surface area contributed by atoms with Crippen LogP contribution in [-0.2, 0) is 0 Å². The largest absolute Gasteiger partial charge is 0.293 e. The van der Waals surface area contributed by atoms with Crippen LogP contribution in [0.25, 0.3) is 22.3 Å². The SMILES string of the molecule is [B]C1=CC=C(c2nc3ccccc3n2-c2ccccc2)CC1. The number of imidazole rings is 1. The number of fused-ring (bicyclic) bond motifs is 1. The van der Waals surface area contributed by atoms with Gasteiger partial charge in [0.1, 0.15) is 13.7 Å². The third-order valence-corrected chi connectivity index (χ3v) is 4.04. The van der Waals surface area contributed by atoms with Gasteiger partial charge in [0.25, 0.3) is 0 Å². The average Bonchev–Trinajstić information content (AvgIpc) is 2.96. The minimum atomic E-state index is 0.893. The molecule has 1 aliphatic carbocycles. The number of nitrogens with zero attached hydrogens (tertiary/aromatic N) is 2. The maximum atomic E-state index is 5.89. The Balaban J connectivity index is 1.99. The van der Waals surface area contributed by atoms with Gasteiger partial charge in [-0.25, -0.2) is 4.98 Å². The first kappa shape index (κ1) is 13.1. The van der Waals surface area contributed by atoms with Crippen LogP contribution < -0.4 is 0 Å². The summed E-state index contributed by atoms with van der Waals surface area (Å²) >= 11 is 0. The van der Waals surface area contributed by atoms with Crippen molar-refractivity contribution < 1.29 is 0 Å². The summed E-state index contributed by atoms with van der Waals surface area (Å²) in [5.74, 6) is 1.01. The lowest BCUT2D eigenvalue weighted by Gasteiger charge is -2.14. The van der Waals surface area contributed by atoms with Gasteiger partial charge in [-0.2, -0.15) is 0 Å². The van der Waals surface area contributed by atoms with Crippen LogP contribution in [0, 0.1) is 0 Å². The summed E-state index contributed by atoms with van der Waals surface area (Å²) in [5.41, 5.74) is 5.45. The molecule has 2 aromatic carbocycles. The normalized spacial score (nSPS) is 14.7. The highest BCUT2D eigenvalue weighted by Gasteiger charge is 2.16. The molecular formula is C19H15BN2. The number of rotatable bonds is 2. The molecule has 0 saturated heterocycles. The van der Waals surface area contributed by atoms with Gasteiger partial charge in [-0.1, -0.05) is 42.5 Å². The zero-order valence-electron chi connectivity index (χ0n) is 12.2. The summed E-state index contributed by atoms with van der Waals surface area (Å²) in [5, 5.41) is 0. The smallest absolute Gasteiger partial charge is 0.141 e. The first-order chi connectivity index (χ1) is 10.8. The fourth-order valence-corrected chi connectivity index (χ4v) is 2.92. The van der Waals surface area contributed by atoms with Crippen molar-refractivity contribution in [3.63, 3.8) is 0 Å². The molecule has 1 aromatic heterocycles. The highest BCUT2D eigenvalue weighted by Crippen LogP contribution is 2.30. The summed E-state index contributed by atoms with van der Waals surface area (Å²) in [6.45, 7) is 0. The molecule has 2 nitrogen and oxygen atoms in total. The summed E-state index contributed by atoms with van der Waals surface area (Å²) in [7, 11) is 5.89. The Hall–Kier alpha value is -2.55. The zero-order chi connectivity index (χ0) is 14.9. The molecule has 4 rings (SSSR count). The molecule has 1 heterocycles. The number of allylic oxidation sites excluding steroid dienone is 4. The zero-order valence-corrected chi connectivity index (χ0v) is 12.2. The van der Waals surface area contributed by atoms with Crippen molar-refractivity contribution in [3.05, 3.63) is 78.0 Å². The van der Waals surface area contributed by atoms with Crippen molar-refractivity contribution in [1.82, 2.24) is 9.55 Å². The number of aromatic nitrogens is 2. The monoisotopic (exact) mass is 282 g/mol. The van der Waals surface area contributed by atoms with Crippen molar-refractivity contribution in [1.29, 1.82) is 0 Å². The minimum absolute atomic E-state index is 0.893. The lowest BCUT2D eigenvalue weighted by molar-refractivity contribution is 0.972. The van der Waals surface area contributed by atoms with Gasteiger partial charge in [0.05, 0.1) is 11.0 Å². The fourth-order valence-electron chi connectivity index (χ4n) is 2.92. The Kier molecular flexibility index (Phi) is 3.19. The van der Waals surface area contributed by atoms with Crippen molar-refractivity contribution in [2.24, 2.45) is 0 Å². The predicted molar refractivity (Wildman–Crippen MR) is 92.1 cm³/mol. The fraction of sp³-hybridized carbons (Fsp3) is 0.105. The summed E-state index contributed by atoms with van der Waals surface area (Å²) < 4.78 is 2.23. The Bertz CT molecular complexity index is 888. The molecule has 0 amide bonds. The molecule has 0 fully saturated rings. The summed E-state index contributed by atoms with van der Waals surface area (Å²) in [6, 6.07) is 18.6. The van der Waals surface area contributed by atoms with E-state index >= 15 is 0 Å². The van der Waals surface area contributed by atoms with Crippen LogP contribution in [0.5, 0.6) is 0 Å². The molecule has 0 spiro atoms. The van der Waals surface area contributed by atoms with E-state index < -0.39 is 0 Å². The standard InChI is InChI=1S/C19H15BN2/c20-15-12-10-14(11-13-15)19-21-17-8-4-5-9-18(17)22(19)16-6-2-1-3-7-16/h1-10,12H,11,13H2. The maximum Gasteiger partial charge on any atom is 0.141 e. The Morgan fingerprint density at radius 3 is 2.41 bits per heavy atom. The molecule has 22 heavy (non-hydrogen) atoms. The maximum absolute atomic E-state index is 5.89. The van der Waals surface area contributed by atoms with Gasteiger partial charge in [0.15, 0.2) is 0 Å². The van der Waals surface area contributed by atoms with E-state index in [0.29, 0.717) is 0 Å². The molecule has 104 valence electrons. The van der Waals surface area contributed by atoms with Gasteiger partial charge in [-0.05, 0) is 42.7 Å². The highest BCUT2D eigenvalue weighted by molar-refractivity contribution is 6.22. The van der Waals surface area contributed by atoms with Gasteiger partial charge in [0, 0.05) is 5.69 Å². The van der Waals surface area contributed by atoms with Crippen LogP contribution in [0.15, 0.2) is 72.2 Å². The highest BCUT2D eigenvalue weighted by atomic mass is 15.1. The van der Waals surface area contributed by atoms with E-state index in [1.807, 2.05) is 18.2 Å². The molecule has 2 radical (unpaired) electrons. The second kappa shape index (κ2) is 5.34. The second-order valence-corrected chi connectivity index (χ2v) is 5.53. The van der Waals surface area contributed by atoms with Crippen LogP contribution in [0.3, 0.4) is 0 Å². The van der Waals surface area contributed by atoms with Crippen LogP contribution >= 0.6 is 0 Å². The predicted octanol–water partition coefficient (Wildman–Crippen LogP) is 4.26. The van der Waals surface area contributed by atoms with E-state index in [9.17, 15) is 0 Å². The molecule has 1 aliphatic rings. The molecule has 3 heteroatoms. The summed E-state index contributed by atoms with van der Waals surface area (Å²) in [4.78, 5) is 4.86. The molecular weight excluding hydrogens is 267 g/mol. The third kappa shape index (κ3) is 2.19. The van der Waals surface area contributed by atoms with Crippen molar-refractivity contribution in [2.45, 2.75) is 12.8 Å². The van der Waals surface area contributed by atoms with Crippen LogP contribution in [-0.4, -0.2) is 17.4 Å². The molecule has 3 aromatic rings. The molecule has 0 saturated carbocycles. The first-order valence-corrected chi connectivity index (χ1v) is 7.51. The molecule has 0 bridgehead atoms. The molecule has 0 aliphatic heterocycles. The minimum Gasteiger partial charge on any atom is -0.293 e. The first-order valence-electron chi connectivity index (χ1n) is 7.51. The quantitative estimate of drug-likeness (QED) is 0.642. The van der Waals surface area contributed by atoms with Gasteiger partial charge >= 0.3 is 0 Å². The number of para-hydroxylation sites is 3. The van der Waals surface area contributed by atoms with E-state index in [1.165, 1.54) is 5.57 Å². The number of hydrogen-bond acceptors (Lipinski definition) is 1. The van der Waals surface area contributed by atoms with Crippen molar-refractivity contribution in [3.8, 4) is 5.69 Å². The van der Waals surface area contributed by atoms with Crippen LogP contribution in [0.2, 0.25) is 0 Å². The van der Waals surface area contributed by atoms with Crippen LogP contribution in [0.1, 0.15) is 18.7 Å². The lowest BCUT2D eigenvalue weighted by Crippen LogP contribution is -2.03. The Morgan fingerprint density at radius 2 is 1.64 bits per heavy atom. The van der Waals surface area contributed by atoms with E-state index in [2.05, 4.69) is 53.1 Å². The number of benzene rings is 2. The van der Waals surface area contributed by atoms with E-state index in [0.717, 1.165) is 40.9 Å². The Morgan fingerprint density at radius 1 is 0.864 bits per heavy atom. The second-order valence-electron chi connectivity index (χ2n) is 5.53. The van der Waals surface area contributed by atoms with Gasteiger partial charge < -0.3 is 0 Å². The molecule has 0 atom stereocenters. The third-order valence-electron chi connectivity index (χ3n) is 4.04. The van der Waals surface area contributed by atoms with Gasteiger partial charge in [-0.15, -0.1) is 5.47 Å². The number of hydrogen-bond donors (Lipinski definition) is 0.